The van der Waals surface area contributed by atoms with Crippen molar-refractivity contribution in [1.29, 1.82) is 0 Å². The largest absolute Gasteiger partial charge is 0.496 e. The van der Waals surface area contributed by atoms with Crippen LogP contribution in [-0.2, 0) is 0 Å². The van der Waals surface area contributed by atoms with Crippen LogP contribution < -0.4 is 14.9 Å². The molecule has 152 valence electrons. The maximum Gasteiger partial charge on any atom is 0.343 e. The molecule has 6 nitrogen and oxygen atoms in total. The molecule has 3 rings (SSSR count). The molecule has 0 aliphatic carbocycles. The van der Waals surface area contributed by atoms with Crippen LogP contribution in [0.5, 0.6) is 11.5 Å². The van der Waals surface area contributed by atoms with Crippen LogP contribution >= 0.6 is 15.9 Å². The zero-order valence-electron chi connectivity index (χ0n) is 16.4. The number of methoxy groups -OCH3 is 1. The number of rotatable bonds is 6. The summed E-state index contributed by atoms with van der Waals surface area (Å²) in [5.41, 5.74) is 5.06. The molecule has 0 aliphatic rings. The Morgan fingerprint density at radius 2 is 1.70 bits per heavy atom. The van der Waals surface area contributed by atoms with Gasteiger partial charge in [0.25, 0.3) is 5.91 Å². The zero-order chi connectivity index (χ0) is 21.5. The molecule has 1 N–H and O–H groups in total. The summed E-state index contributed by atoms with van der Waals surface area (Å²) in [6.07, 6.45) is 1.50. The van der Waals surface area contributed by atoms with E-state index in [1.54, 1.807) is 60.7 Å². The van der Waals surface area contributed by atoms with E-state index in [0.717, 1.165) is 15.6 Å². The van der Waals surface area contributed by atoms with Crippen molar-refractivity contribution in [2.75, 3.05) is 7.11 Å². The van der Waals surface area contributed by atoms with E-state index in [4.69, 9.17) is 9.47 Å². The molecule has 30 heavy (non-hydrogen) atoms. The van der Waals surface area contributed by atoms with E-state index in [-0.39, 0.29) is 5.91 Å². The minimum Gasteiger partial charge on any atom is -0.496 e. The first-order valence-corrected chi connectivity index (χ1v) is 9.81. The smallest absolute Gasteiger partial charge is 0.343 e. The highest BCUT2D eigenvalue weighted by Gasteiger charge is 2.11. The SMILES string of the molecule is COc1cc(C)ccc1C(=O)N/N=C\c1ccc(OC(=O)c2ccc(Br)cc2)cc1. The predicted molar refractivity (Wildman–Crippen MR) is 118 cm³/mol. The molecule has 0 aliphatic heterocycles. The molecule has 0 radical (unpaired) electrons. The Hall–Kier alpha value is -3.45. The second kappa shape index (κ2) is 9.84. The molecule has 0 spiro atoms. The number of hydrazone groups is 1. The molecule has 0 bridgehead atoms. The summed E-state index contributed by atoms with van der Waals surface area (Å²) in [7, 11) is 1.51. The van der Waals surface area contributed by atoms with Crippen LogP contribution in [0.2, 0.25) is 0 Å². The Balaban J connectivity index is 1.59. The summed E-state index contributed by atoms with van der Waals surface area (Å²) in [5, 5.41) is 3.97. The quantitative estimate of drug-likeness (QED) is 0.246. The average molecular weight is 467 g/mol. The first-order chi connectivity index (χ1) is 14.5. The molecule has 1 amide bonds. The Morgan fingerprint density at radius 3 is 2.37 bits per heavy atom. The van der Waals surface area contributed by atoms with Gasteiger partial charge in [-0.25, -0.2) is 10.2 Å². The van der Waals surface area contributed by atoms with Crippen molar-refractivity contribution in [3.05, 3.63) is 93.5 Å². The Bertz CT molecular complexity index is 1080. The van der Waals surface area contributed by atoms with Crippen molar-refractivity contribution in [3.63, 3.8) is 0 Å². The lowest BCUT2D eigenvalue weighted by Gasteiger charge is -2.07. The average Bonchev–Trinajstić information content (AvgIpc) is 2.75. The van der Waals surface area contributed by atoms with Crippen molar-refractivity contribution < 1.29 is 19.1 Å². The number of aryl methyl sites for hydroxylation is 1. The van der Waals surface area contributed by atoms with Crippen LogP contribution in [-0.4, -0.2) is 25.2 Å². The number of halogens is 1. The number of benzene rings is 3. The van der Waals surface area contributed by atoms with E-state index >= 15 is 0 Å². The number of ether oxygens (including phenoxy) is 2. The highest BCUT2D eigenvalue weighted by molar-refractivity contribution is 9.10. The van der Waals surface area contributed by atoms with Gasteiger partial charge in [-0.05, 0) is 78.7 Å². The predicted octanol–water partition coefficient (Wildman–Crippen LogP) is 4.75. The monoisotopic (exact) mass is 466 g/mol. The molecular formula is C23H19BrN2O4. The van der Waals surface area contributed by atoms with Gasteiger partial charge in [0.05, 0.1) is 24.5 Å². The van der Waals surface area contributed by atoms with Gasteiger partial charge in [-0.1, -0.05) is 22.0 Å². The maximum atomic E-state index is 12.3. The summed E-state index contributed by atoms with van der Waals surface area (Å²) in [4.78, 5) is 24.4. The van der Waals surface area contributed by atoms with Gasteiger partial charge in [0.1, 0.15) is 11.5 Å². The van der Waals surface area contributed by atoms with Crippen LogP contribution in [0.1, 0.15) is 31.8 Å². The third-order valence-electron chi connectivity index (χ3n) is 4.15. The number of esters is 1. The Kier molecular flexibility index (Phi) is 6.98. The van der Waals surface area contributed by atoms with Crippen molar-refractivity contribution >= 4 is 34.0 Å². The molecule has 0 heterocycles. The second-order valence-electron chi connectivity index (χ2n) is 6.37. The Labute approximate surface area is 182 Å². The fourth-order valence-electron chi connectivity index (χ4n) is 2.59. The molecule has 0 atom stereocenters. The topological polar surface area (TPSA) is 77.0 Å². The molecule has 0 saturated carbocycles. The van der Waals surface area contributed by atoms with Gasteiger partial charge in [0.15, 0.2) is 0 Å². The molecular weight excluding hydrogens is 448 g/mol. The van der Waals surface area contributed by atoms with Crippen LogP contribution in [0, 0.1) is 6.92 Å². The standard InChI is InChI=1S/C23H19BrN2O4/c1-15-3-12-20(21(13-15)29-2)22(27)26-25-14-16-4-10-19(11-5-16)30-23(28)17-6-8-18(24)9-7-17/h3-14H,1-2H3,(H,26,27)/b25-14-. The zero-order valence-corrected chi connectivity index (χ0v) is 18.0. The van der Waals surface area contributed by atoms with Crippen molar-refractivity contribution in [1.82, 2.24) is 5.43 Å². The number of hydrogen-bond donors (Lipinski definition) is 1. The van der Waals surface area contributed by atoms with Crippen molar-refractivity contribution in [2.24, 2.45) is 5.10 Å². The fourth-order valence-corrected chi connectivity index (χ4v) is 2.85. The van der Waals surface area contributed by atoms with Gasteiger partial charge in [0.2, 0.25) is 0 Å². The van der Waals surface area contributed by atoms with Crippen molar-refractivity contribution in [3.8, 4) is 11.5 Å². The molecule has 0 aromatic heterocycles. The minimum atomic E-state index is -0.441. The molecule has 3 aromatic carbocycles. The summed E-state index contributed by atoms with van der Waals surface area (Å²) < 4.78 is 11.5. The third-order valence-corrected chi connectivity index (χ3v) is 4.68. The van der Waals surface area contributed by atoms with Gasteiger partial charge >= 0.3 is 5.97 Å². The van der Waals surface area contributed by atoms with E-state index in [2.05, 4.69) is 26.5 Å². The number of nitrogens with one attached hydrogen (secondary N) is 1. The highest BCUT2D eigenvalue weighted by atomic mass is 79.9. The van der Waals surface area contributed by atoms with Crippen LogP contribution in [0.3, 0.4) is 0 Å². The molecule has 0 saturated heterocycles. The molecule has 0 unspecified atom stereocenters. The number of carbonyl (C=O) groups is 2. The maximum absolute atomic E-state index is 12.3. The third kappa shape index (κ3) is 5.55. The van der Waals surface area contributed by atoms with E-state index in [9.17, 15) is 9.59 Å². The lowest BCUT2D eigenvalue weighted by molar-refractivity contribution is 0.0734. The van der Waals surface area contributed by atoms with Gasteiger partial charge in [-0.15, -0.1) is 0 Å². The molecule has 0 fully saturated rings. The lowest BCUT2D eigenvalue weighted by atomic mass is 10.1. The molecule has 7 heteroatoms. The van der Waals surface area contributed by atoms with Crippen LogP contribution in [0.25, 0.3) is 0 Å². The summed E-state index contributed by atoms with van der Waals surface area (Å²) in [6.45, 7) is 1.92. The number of nitrogens with zero attached hydrogens (tertiary/aromatic N) is 1. The number of hydrogen-bond acceptors (Lipinski definition) is 5. The van der Waals surface area contributed by atoms with E-state index < -0.39 is 5.97 Å². The normalized spacial score (nSPS) is 10.6. The van der Waals surface area contributed by atoms with Gasteiger partial charge in [-0.2, -0.15) is 5.10 Å². The van der Waals surface area contributed by atoms with Gasteiger partial charge in [0, 0.05) is 4.47 Å². The van der Waals surface area contributed by atoms with Crippen molar-refractivity contribution in [2.45, 2.75) is 6.92 Å². The summed E-state index contributed by atoms with van der Waals surface area (Å²) in [6, 6.07) is 19.0. The fraction of sp³-hybridized carbons (Fsp3) is 0.0870. The first-order valence-electron chi connectivity index (χ1n) is 9.02. The van der Waals surface area contributed by atoms with Gasteiger partial charge < -0.3 is 9.47 Å². The molecule has 3 aromatic rings. The second-order valence-corrected chi connectivity index (χ2v) is 7.28. The first kappa shape index (κ1) is 21.3. The number of amides is 1. The van der Waals surface area contributed by atoms with Crippen LogP contribution in [0.4, 0.5) is 0 Å². The van der Waals surface area contributed by atoms with E-state index in [0.29, 0.717) is 22.6 Å². The summed E-state index contributed by atoms with van der Waals surface area (Å²) in [5.74, 6) is 0.0829. The van der Waals surface area contributed by atoms with E-state index in [1.165, 1.54) is 13.3 Å². The highest BCUT2D eigenvalue weighted by Crippen LogP contribution is 2.20. The summed E-state index contributed by atoms with van der Waals surface area (Å²) >= 11 is 3.33. The number of carbonyl (C=O) groups excluding carboxylic acids is 2. The van der Waals surface area contributed by atoms with E-state index in [1.807, 2.05) is 13.0 Å². The lowest BCUT2D eigenvalue weighted by Crippen LogP contribution is -2.18. The Morgan fingerprint density at radius 1 is 1.00 bits per heavy atom. The minimum absolute atomic E-state index is 0.372. The van der Waals surface area contributed by atoms with Crippen LogP contribution in [0.15, 0.2) is 76.3 Å². The van der Waals surface area contributed by atoms with Gasteiger partial charge in [-0.3, -0.25) is 4.79 Å².